The lowest BCUT2D eigenvalue weighted by Crippen LogP contribution is -2.44. The molecule has 2 N–H and O–H groups in total. The molecule has 0 bridgehead atoms. The molecule has 2 amide bonds. The van der Waals surface area contributed by atoms with Crippen molar-refractivity contribution >= 4 is 41.5 Å². The summed E-state index contributed by atoms with van der Waals surface area (Å²) in [6, 6.07) is 9.69. The van der Waals surface area contributed by atoms with Gasteiger partial charge < -0.3 is 10.6 Å². The van der Waals surface area contributed by atoms with Crippen molar-refractivity contribution in [3.8, 4) is 0 Å². The van der Waals surface area contributed by atoms with Gasteiger partial charge in [-0.25, -0.2) is 4.99 Å². The first-order valence-corrected chi connectivity index (χ1v) is 10.5. The number of carbonyl (C=O) groups is 2. The minimum Gasteiger partial charge on any atom is -0.325 e. The van der Waals surface area contributed by atoms with Crippen molar-refractivity contribution in [2.75, 3.05) is 0 Å². The Bertz CT molecular complexity index is 960. The van der Waals surface area contributed by atoms with Crippen molar-refractivity contribution < 1.29 is 9.59 Å². The molecule has 0 spiro atoms. The Morgan fingerprint density at radius 2 is 1.74 bits per heavy atom. The van der Waals surface area contributed by atoms with E-state index in [1.165, 1.54) is 18.0 Å². The largest absolute Gasteiger partial charge is 0.325 e. The number of aliphatic imine (C=N–C) groups is 1. The summed E-state index contributed by atoms with van der Waals surface area (Å²) in [5.74, 6) is -0.777. The molecule has 1 aromatic rings. The quantitative estimate of drug-likeness (QED) is 0.196. The molecular weight excluding hydrogens is 405 g/mol. The second-order valence-electron chi connectivity index (χ2n) is 6.68. The highest BCUT2D eigenvalue weighted by molar-refractivity contribution is 8.18. The summed E-state index contributed by atoms with van der Waals surface area (Å²) in [6.45, 7) is 14.9. The predicted octanol–water partition coefficient (Wildman–Crippen LogP) is 3.54. The van der Waals surface area contributed by atoms with Gasteiger partial charge in [-0.1, -0.05) is 92.1 Å². The third-order valence-corrected chi connectivity index (χ3v) is 5.15. The van der Waals surface area contributed by atoms with Crippen LogP contribution in [0.25, 0.3) is 0 Å². The van der Waals surface area contributed by atoms with Gasteiger partial charge in [0.1, 0.15) is 5.41 Å². The third-order valence-electron chi connectivity index (χ3n) is 4.37. The smallest absolute Gasteiger partial charge is 0.241 e. The van der Waals surface area contributed by atoms with Gasteiger partial charge in [-0.2, -0.15) is 0 Å². The molecule has 0 unspecified atom stereocenters. The van der Waals surface area contributed by atoms with E-state index < -0.39 is 11.3 Å². The molecule has 5 nitrogen and oxygen atoms in total. The lowest BCUT2D eigenvalue weighted by molar-refractivity contribution is -0.135. The topological polar surface area (TPSA) is 70.6 Å². The van der Waals surface area contributed by atoms with Crippen LogP contribution in [0, 0.1) is 5.41 Å². The zero-order valence-corrected chi connectivity index (χ0v) is 18.2. The number of hydrogen-bond donors (Lipinski definition) is 2. The van der Waals surface area contributed by atoms with Crippen molar-refractivity contribution in [2.45, 2.75) is 12.8 Å². The van der Waals surface area contributed by atoms with E-state index in [0.717, 1.165) is 5.46 Å². The number of amidine groups is 1. The monoisotopic (exact) mass is 430 g/mol. The van der Waals surface area contributed by atoms with Gasteiger partial charge in [0, 0.05) is 11.9 Å². The van der Waals surface area contributed by atoms with Crippen LogP contribution in [0.2, 0.25) is 0 Å². The van der Waals surface area contributed by atoms with Crippen molar-refractivity contribution in [3.63, 3.8) is 0 Å². The van der Waals surface area contributed by atoms with Gasteiger partial charge in [0.15, 0.2) is 12.4 Å². The molecule has 0 saturated heterocycles. The number of nitrogens with one attached hydrogen (secondary N) is 2. The summed E-state index contributed by atoms with van der Waals surface area (Å²) in [5, 5.41) is 5.84. The molecule has 1 fully saturated rings. The van der Waals surface area contributed by atoms with Gasteiger partial charge >= 0.3 is 0 Å². The van der Waals surface area contributed by atoms with Crippen LogP contribution in [0.4, 0.5) is 0 Å². The maximum Gasteiger partial charge on any atom is 0.241 e. The van der Waals surface area contributed by atoms with E-state index in [0.29, 0.717) is 28.5 Å². The Morgan fingerprint density at radius 1 is 1.06 bits per heavy atom. The Labute approximate surface area is 188 Å². The average molecular weight is 430 g/mol. The second kappa shape index (κ2) is 11.8. The van der Waals surface area contributed by atoms with Gasteiger partial charge in [0.2, 0.25) is 11.8 Å². The average Bonchev–Trinajstić information content (AvgIpc) is 3.55. The minimum absolute atomic E-state index is 0.310. The van der Waals surface area contributed by atoms with E-state index >= 15 is 0 Å². The van der Waals surface area contributed by atoms with Crippen LogP contribution in [-0.4, -0.2) is 24.3 Å². The Kier molecular flexibility index (Phi) is 9.09. The molecule has 1 radical (unpaired) electrons. The number of carbonyl (C=O) groups excluding carboxylic acids is 2. The maximum atomic E-state index is 12.9. The van der Waals surface area contributed by atoms with Crippen LogP contribution in [0.3, 0.4) is 0 Å². The standard InChI is InChI=1S/C24H25BN3O2S/c1-5-8-15-20(12-6-2)27-21(29)24(16-17-24)22(30)28-23(26-7-3)31-18(4)25-19-13-10-9-11-14-19/h5-15H,1-4,16-17H2,(H,27,29)(H,26,28,30)/b15-8-,20-12+. The molecule has 1 aliphatic rings. The molecule has 1 aromatic carbocycles. The fourth-order valence-corrected chi connectivity index (χ4v) is 3.36. The van der Waals surface area contributed by atoms with Gasteiger partial charge in [0.05, 0.1) is 0 Å². The lowest BCUT2D eigenvalue weighted by atomic mass is 9.70. The van der Waals surface area contributed by atoms with E-state index in [1.807, 2.05) is 37.6 Å². The van der Waals surface area contributed by atoms with Crippen molar-refractivity contribution in [1.82, 2.24) is 10.6 Å². The Morgan fingerprint density at radius 3 is 2.32 bits per heavy atom. The van der Waals surface area contributed by atoms with E-state index in [1.54, 1.807) is 30.4 Å². The van der Waals surface area contributed by atoms with Gasteiger partial charge in [-0.05, 0) is 29.8 Å². The number of nitrogens with zero attached hydrogens (tertiary/aromatic N) is 1. The molecule has 31 heavy (non-hydrogen) atoms. The summed E-state index contributed by atoms with van der Waals surface area (Å²) in [5.41, 5.74) is 0.380. The van der Waals surface area contributed by atoms with Crippen LogP contribution in [0.5, 0.6) is 0 Å². The summed E-state index contributed by atoms with van der Waals surface area (Å²) in [4.78, 5) is 30.6. The van der Waals surface area contributed by atoms with Crippen LogP contribution in [0.1, 0.15) is 12.8 Å². The summed E-state index contributed by atoms with van der Waals surface area (Å²) < 4.78 is 0. The van der Waals surface area contributed by atoms with E-state index in [-0.39, 0.29) is 5.91 Å². The number of benzene rings is 1. The van der Waals surface area contributed by atoms with Crippen LogP contribution >= 0.6 is 11.8 Å². The Hall–Kier alpha value is -3.32. The van der Waals surface area contributed by atoms with Crippen molar-refractivity contribution in [3.05, 3.63) is 104 Å². The van der Waals surface area contributed by atoms with Gasteiger partial charge in [-0.15, -0.1) is 0 Å². The van der Waals surface area contributed by atoms with Gasteiger partial charge in [0.25, 0.3) is 0 Å². The molecule has 0 atom stereocenters. The predicted molar refractivity (Wildman–Crippen MR) is 132 cm³/mol. The summed E-state index contributed by atoms with van der Waals surface area (Å²) >= 11 is 1.20. The first-order valence-electron chi connectivity index (χ1n) is 9.65. The lowest BCUT2D eigenvalue weighted by Gasteiger charge is -2.17. The van der Waals surface area contributed by atoms with Gasteiger partial charge in [-0.3, -0.25) is 9.59 Å². The molecule has 7 heteroatoms. The normalized spacial score (nSPS) is 15.0. The molecular formula is C24H25BN3O2S. The molecule has 0 aliphatic heterocycles. The number of hydrogen-bond acceptors (Lipinski definition) is 4. The zero-order chi connectivity index (χ0) is 22.7. The molecule has 2 rings (SSSR count). The highest BCUT2D eigenvalue weighted by Gasteiger charge is 2.56. The third kappa shape index (κ3) is 7.15. The Balaban J connectivity index is 2.04. The minimum atomic E-state index is -1.13. The number of rotatable bonds is 10. The fraction of sp³-hybridized carbons (Fsp3) is 0.125. The first kappa shape index (κ1) is 24.0. The molecule has 1 aliphatic carbocycles. The highest BCUT2D eigenvalue weighted by Crippen LogP contribution is 2.46. The highest BCUT2D eigenvalue weighted by atomic mass is 32.2. The maximum absolute atomic E-state index is 12.9. The van der Waals surface area contributed by atoms with Crippen LogP contribution in [0.15, 0.2) is 109 Å². The fourth-order valence-electron chi connectivity index (χ4n) is 2.64. The second-order valence-corrected chi connectivity index (χ2v) is 7.80. The SMILES string of the molecule is C=C/C=C\C(=C/C=C)NC(=O)C1(C(=O)NC(=NC=C)SC(=C)[B]c2ccccc2)CC1. The molecule has 0 aromatic heterocycles. The summed E-state index contributed by atoms with van der Waals surface area (Å²) in [6.07, 6.45) is 10.4. The molecule has 157 valence electrons. The molecule has 1 saturated carbocycles. The van der Waals surface area contributed by atoms with E-state index in [4.69, 9.17) is 0 Å². The summed E-state index contributed by atoms with van der Waals surface area (Å²) in [7, 11) is 1.88. The number of thioether (sulfide) groups is 1. The van der Waals surface area contributed by atoms with Crippen molar-refractivity contribution in [2.24, 2.45) is 10.4 Å². The number of allylic oxidation sites excluding steroid dienone is 5. The van der Waals surface area contributed by atoms with Crippen molar-refractivity contribution in [1.29, 1.82) is 0 Å². The van der Waals surface area contributed by atoms with E-state index in [9.17, 15) is 9.59 Å². The molecule has 0 heterocycles. The van der Waals surface area contributed by atoms with Crippen LogP contribution < -0.4 is 16.1 Å². The zero-order valence-electron chi connectivity index (χ0n) is 17.3. The van der Waals surface area contributed by atoms with E-state index in [2.05, 4.69) is 41.9 Å². The number of amides is 2. The first-order chi connectivity index (χ1) is 14.9. The van der Waals surface area contributed by atoms with Crippen LogP contribution in [-0.2, 0) is 9.59 Å².